The number of nitrogen functional groups attached to an aromatic ring is 1. The van der Waals surface area contributed by atoms with Gasteiger partial charge in [0.05, 0.1) is 13.2 Å². The van der Waals surface area contributed by atoms with Crippen molar-refractivity contribution in [1.29, 1.82) is 0 Å². The summed E-state index contributed by atoms with van der Waals surface area (Å²) in [5.74, 6) is 4.18. The van der Waals surface area contributed by atoms with Crippen LogP contribution in [0.2, 0.25) is 0 Å². The second-order valence-electron chi connectivity index (χ2n) is 27.8. The van der Waals surface area contributed by atoms with E-state index < -0.39 is 11.9 Å². The minimum absolute atomic E-state index is 0. The molecule has 7 N–H and O–H groups in total. The van der Waals surface area contributed by atoms with E-state index >= 15 is 0 Å². The lowest BCUT2D eigenvalue weighted by Crippen LogP contribution is -2.59. The van der Waals surface area contributed by atoms with Crippen LogP contribution in [-0.4, -0.2) is 99.2 Å². The Labute approximate surface area is 555 Å². The lowest BCUT2D eigenvalue weighted by molar-refractivity contribution is -0.121. The van der Waals surface area contributed by atoms with E-state index in [1.165, 1.54) is 129 Å². The molecule has 0 spiro atoms. The number of aromatic nitrogens is 3. The topological polar surface area (TPSA) is 290 Å². The Morgan fingerprint density at radius 2 is 0.826 bits per heavy atom. The maximum atomic E-state index is 13.2. The van der Waals surface area contributed by atoms with Gasteiger partial charge in [-0.05, 0) is 217 Å². The number of nitrogens with two attached hydrogens (primary N) is 2. The summed E-state index contributed by atoms with van der Waals surface area (Å²) in [4.78, 5) is 74.3. The maximum absolute atomic E-state index is 13.2. The first-order valence-corrected chi connectivity index (χ1v) is 35.2. The summed E-state index contributed by atoms with van der Waals surface area (Å²) < 4.78 is 24.6. The van der Waals surface area contributed by atoms with E-state index in [2.05, 4.69) is 66.4 Å². The first-order valence-electron chi connectivity index (χ1n) is 34.8. The molecule has 92 heavy (non-hydrogen) atoms. The summed E-state index contributed by atoms with van der Waals surface area (Å²) in [5, 5.41) is 20.3. The molecule has 520 valence electrons. The molecular formula is C71H118ClN9O11. The Morgan fingerprint density at radius 3 is 1.15 bits per heavy atom. The van der Waals surface area contributed by atoms with Crippen molar-refractivity contribution < 1.29 is 51.8 Å². The molecule has 3 aromatic heterocycles. The van der Waals surface area contributed by atoms with Crippen molar-refractivity contribution in [3.05, 3.63) is 34.4 Å². The largest absolute Gasteiger partial charge is 0.460 e. The first-order chi connectivity index (χ1) is 43.2. The Morgan fingerprint density at radius 1 is 0.500 bits per heavy atom. The number of carbonyl (C=O) groups is 6. The van der Waals surface area contributed by atoms with Gasteiger partial charge in [-0.2, -0.15) is 0 Å². The van der Waals surface area contributed by atoms with Gasteiger partial charge in [0.15, 0.2) is 0 Å². The highest BCUT2D eigenvalue weighted by Gasteiger charge is 2.52. The lowest BCUT2D eigenvalue weighted by Gasteiger charge is -2.56. The van der Waals surface area contributed by atoms with Gasteiger partial charge >= 0.3 is 11.9 Å². The van der Waals surface area contributed by atoms with Crippen molar-refractivity contribution in [2.45, 2.75) is 274 Å². The monoisotopic (exact) mass is 1310 g/mol. The summed E-state index contributed by atoms with van der Waals surface area (Å²) in [6.07, 6.45) is 35.5. The van der Waals surface area contributed by atoms with Gasteiger partial charge in [-0.1, -0.05) is 128 Å². The van der Waals surface area contributed by atoms with Crippen LogP contribution in [-0.2, 0) is 23.9 Å². The van der Waals surface area contributed by atoms with Crippen LogP contribution >= 0.6 is 11.6 Å². The maximum Gasteiger partial charge on any atom is 0.379 e. The fourth-order valence-electron chi connectivity index (χ4n) is 16.7. The van der Waals surface area contributed by atoms with Crippen molar-refractivity contribution in [2.75, 3.05) is 49.2 Å². The molecule has 0 aromatic carbocycles. The highest BCUT2D eigenvalue weighted by Crippen LogP contribution is 2.56. The number of amides is 3. The van der Waals surface area contributed by atoms with Gasteiger partial charge in [-0.25, -0.2) is 9.59 Å². The molecule has 3 aromatic rings. The van der Waals surface area contributed by atoms with Crippen LogP contribution in [0.3, 0.4) is 0 Å². The molecule has 14 rings (SSSR count). The number of ether oxygens (including phenoxy) is 2. The highest BCUT2D eigenvalue weighted by molar-refractivity contribution is 6.64. The van der Waals surface area contributed by atoms with E-state index in [1.807, 2.05) is 0 Å². The number of rotatable bonds is 14. The predicted octanol–water partition coefficient (Wildman–Crippen LogP) is 15.7. The Balaban J connectivity index is 0.000000214. The molecule has 3 amide bonds. The standard InChI is InChI=1S/C23H33N3O3.C15H22N2O4.C10H17N.C8H13ClO.C7H10N2O3.C6H15N.2CH4/c1-14-19(24-21(27)18-6-4-2-3-5-7-18)20(29-26-14)22(28)25-23-11-15-8-16(12-23)10-17(9-15)13-23;1-3-20-15(19)13-12(10(2)17-21-13)16-14(18)11-8-6-4-5-7-9-11;11-10-4-7-1-8(5-10)3-9(2-7)6-10;9-8(10)7-5-3-1-2-4-6-7;1-3-11-7(10)6-5(8)4(2)9-12-6;1-4-7(5-2)6-3;;/h15-18H,2-13H2,1H3,(H,24,27)(H,25,28);11H,3-9H2,1-2H3,(H,16,18);7-9H,1-6,11H2;7H,1-6H2;3,8H2,1-2H3;4-6H2,1-3H3;2*1H4. The van der Waals surface area contributed by atoms with E-state index in [0.29, 0.717) is 34.0 Å². The Kier molecular flexibility index (Phi) is 31.7. The number of anilines is 3. The molecule has 11 aliphatic rings. The molecule has 20 nitrogen and oxygen atoms in total. The lowest BCUT2D eigenvalue weighted by atomic mass is 9.53. The van der Waals surface area contributed by atoms with Crippen molar-refractivity contribution >= 4 is 63.6 Å². The number of esters is 2. The van der Waals surface area contributed by atoms with Gasteiger partial charge in [0, 0.05) is 28.8 Å². The van der Waals surface area contributed by atoms with E-state index in [9.17, 15) is 28.8 Å². The quantitative estimate of drug-likeness (QED) is 0.0569. The number of aryl methyl sites for hydroxylation is 3. The van der Waals surface area contributed by atoms with Gasteiger partial charge in [0.25, 0.3) is 17.4 Å². The van der Waals surface area contributed by atoms with Crippen LogP contribution < -0.4 is 27.4 Å². The summed E-state index contributed by atoms with van der Waals surface area (Å²) in [7, 11) is 0. The zero-order valence-corrected chi connectivity index (χ0v) is 56.5. The molecule has 21 heteroatoms. The first kappa shape index (κ1) is 77.4. The fourth-order valence-corrected chi connectivity index (χ4v) is 16.9. The number of nitrogens with one attached hydrogen (secondary N) is 3. The third kappa shape index (κ3) is 22.1. The summed E-state index contributed by atoms with van der Waals surface area (Å²) in [6, 6.07) is 0. The third-order valence-corrected chi connectivity index (χ3v) is 21.0. The van der Waals surface area contributed by atoms with Crippen molar-refractivity contribution in [3.63, 3.8) is 0 Å². The van der Waals surface area contributed by atoms with E-state index in [1.54, 1.807) is 34.6 Å². The fraction of sp³-hybridized carbons (Fsp3) is 0.789. The van der Waals surface area contributed by atoms with Crippen molar-refractivity contribution in [3.8, 4) is 0 Å². The van der Waals surface area contributed by atoms with Crippen LogP contribution in [0.1, 0.15) is 291 Å². The van der Waals surface area contributed by atoms with Crippen LogP contribution in [0.4, 0.5) is 17.1 Å². The predicted molar refractivity (Wildman–Crippen MR) is 362 cm³/mol. The number of hydrogen-bond donors (Lipinski definition) is 5. The Bertz CT molecular complexity index is 2690. The molecule has 0 aliphatic heterocycles. The highest BCUT2D eigenvalue weighted by atomic mass is 35.5. The van der Waals surface area contributed by atoms with Crippen LogP contribution in [0.25, 0.3) is 0 Å². The summed E-state index contributed by atoms with van der Waals surface area (Å²) in [5.41, 5.74) is 14.6. The minimum atomic E-state index is -0.603. The van der Waals surface area contributed by atoms with Crippen LogP contribution in [0.5, 0.6) is 0 Å². The normalized spacial score (nSPS) is 26.1. The molecule has 11 saturated carbocycles. The van der Waals surface area contributed by atoms with Gasteiger partial charge in [-0.3, -0.25) is 19.2 Å². The summed E-state index contributed by atoms with van der Waals surface area (Å²) in [6.45, 7) is 19.2. The molecule has 11 fully saturated rings. The minimum Gasteiger partial charge on any atom is -0.460 e. The van der Waals surface area contributed by atoms with Gasteiger partial charge in [0.2, 0.25) is 22.8 Å². The molecule has 0 atom stereocenters. The molecule has 0 unspecified atom stereocenters. The Hall–Kier alpha value is -5.34. The van der Waals surface area contributed by atoms with Gasteiger partial charge < -0.3 is 55.4 Å². The average Bonchev–Trinajstić information content (AvgIpc) is 0.955. The summed E-state index contributed by atoms with van der Waals surface area (Å²) >= 11 is 5.39. The SMILES string of the molecule is C.C.CCN(CC)CC.CCOC(=O)c1onc(C)c1N.CCOC(=O)c1onc(C)c1NC(=O)C1CCCCCC1.Cc1noc(C(=O)NC23CC4CC(CC(C4)C2)C3)c1NC(=O)C1CCCCCC1.NC12CC3CC(CC(C3)C1)C2.O=C(Cl)C1CCCCCC1. The number of halogens is 1. The molecule has 3 heterocycles. The smallest absolute Gasteiger partial charge is 0.379 e. The zero-order chi connectivity index (χ0) is 65.0. The second-order valence-corrected chi connectivity index (χ2v) is 28.2. The molecule has 0 radical (unpaired) electrons. The van der Waals surface area contributed by atoms with E-state index in [4.69, 9.17) is 36.9 Å². The second kappa shape index (κ2) is 37.7. The van der Waals surface area contributed by atoms with Crippen molar-refractivity contribution in [1.82, 2.24) is 25.7 Å². The van der Waals surface area contributed by atoms with Gasteiger partial charge in [-0.15, -0.1) is 0 Å². The number of hydrogen-bond acceptors (Lipinski definition) is 17. The molecule has 0 saturated heterocycles. The van der Waals surface area contributed by atoms with Crippen LogP contribution in [0, 0.1) is 74.0 Å². The molecule has 11 aliphatic carbocycles. The third-order valence-electron chi connectivity index (χ3n) is 20.7. The zero-order valence-electron chi connectivity index (χ0n) is 55.8. The van der Waals surface area contributed by atoms with E-state index in [-0.39, 0.29) is 97.3 Å². The number of carbonyl (C=O) groups excluding carboxylic acids is 6. The molecule has 8 bridgehead atoms. The van der Waals surface area contributed by atoms with Crippen molar-refractivity contribution in [2.24, 2.45) is 59.0 Å². The van der Waals surface area contributed by atoms with Crippen LogP contribution in [0.15, 0.2) is 13.6 Å². The van der Waals surface area contributed by atoms with Gasteiger partial charge in [0.1, 0.15) is 34.1 Å². The van der Waals surface area contributed by atoms with E-state index in [0.717, 1.165) is 119 Å². The molecular weight excluding hydrogens is 1190 g/mol. The average molecular weight is 1310 g/mol. The number of nitrogens with zero attached hydrogens (tertiary/aromatic N) is 4.